The van der Waals surface area contributed by atoms with Crippen molar-refractivity contribution in [2.45, 2.75) is 12.3 Å². The first-order valence-corrected chi connectivity index (χ1v) is 9.14. The van der Waals surface area contributed by atoms with E-state index in [2.05, 4.69) is 16.4 Å². The number of rotatable bonds is 3. The molecule has 2 amide bonds. The summed E-state index contributed by atoms with van der Waals surface area (Å²) in [5.41, 5.74) is 0.470. The zero-order chi connectivity index (χ0) is 16.5. The van der Waals surface area contributed by atoms with Gasteiger partial charge in [-0.15, -0.1) is 11.3 Å². The van der Waals surface area contributed by atoms with E-state index in [9.17, 15) is 9.59 Å². The summed E-state index contributed by atoms with van der Waals surface area (Å²) in [6.07, 6.45) is 2.59. The Bertz CT molecular complexity index is 724. The predicted molar refractivity (Wildman–Crippen MR) is 91.9 cm³/mol. The molecule has 0 spiro atoms. The van der Waals surface area contributed by atoms with Crippen molar-refractivity contribution in [3.05, 3.63) is 52.5 Å². The van der Waals surface area contributed by atoms with Crippen LogP contribution in [0.25, 0.3) is 0 Å². The van der Waals surface area contributed by atoms with Crippen molar-refractivity contribution in [3.8, 4) is 0 Å². The molecule has 24 heavy (non-hydrogen) atoms. The van der Waals surface area contributed by atoms with Crippen LogP contribution >= 0.6 is 11.3 Å². The van der Waals surface area contributed by atoms with Gasteiger partial charge in [0.25, 0.3) is 5.91 Å². The molecule has 4 rings (SSSR count). The molecule has 2 aliphatic rings. The molecule has 2 atom stereocenters. The van der Waals surface area contributed by atoms with Crippen LogP contribution in [0.4, 0.5) is 0 Å². The zero-order valence-electron chi connectivity index (χ0n) is 13.3. The Kier molecular flexibility index (Phi) is 4.06. The van der Waals surface area contributed by atoms with Gasteiger partial charge in [-0.05, 0) is 30.0 Å². The van der Waals surface area contributed by atoms with Crippen molar-refractivity contribution in [1.29, 1.82) is 0 Å². The number of carbonyl (C=O) groups is 2. The Morgan fingerprint density at radius 1 is 1.04 bits per heavy atom. The summed E-state index contributed by atoms with van der Waals surface area (Å²) < 4.78 is 0. The van der Waals surface area contributed by atoms with E-state index in [1.807, 2.05) is 17.0 Å². The van der Waals surface area contributed by atoms with Crippen LogP contribution in [-0.4, -0.2) is 52.8 Å². The molecule has 3 heterocycles. The van der Waals surface area contributed by atoms with Crippen LogP contribution in [-0.2, 0) is 4.79 Å². The predicted octanol–water partition coefficient (Wildman–Crippen LogP) is 2.23. The quantitative estimate of drug-likeness (QED) is 0.860. The molecule has 2 unspecified atom stereocenters. The fourth-order valence-electron chi connectivity index (χ4n) is 3.30. The van der Waals surface area contributed by atoms with Gasteiger partial charge in [-0.25, -0.2) is 0 Å². The third kappa shape index (κ3) is 2.94. The molecule has 1 saturated heterocycles. The summed E-state index contributed by atoms with van der Waals surface area (Å²) in [5.74, 6) is 0.747. The van der Waals surface area contributed by atoms with Crippen molar-refractivity contribution in [2.24, 2.45) is 5.92 Å². The smallest absolute Gasteiger partial charge is 0.272 e. The van der Waals surface area contributed by atoms with Crippen LogP contribution in [0.15, 0.2) is 41.9 Å². The molecule has 0 aromatic carbocycles. The molecule has 0 bridgehead atoms. The molecule has 2 fully saturated rings. The first-order valence-electron chi connectivity index (χ1n) is 8.26. The lowest BCUT2D eigenvalue weighted by Gasteiger charge is -2.34. The second kappa shape index (κ2) is 6.36. The highest BCUT2D eigenvalue weighted by Crippen LogP contribution is 2.50. The summed E-state index contributed by atoms with van der Waals surface area (Å²) in [5, 5.41) is 2.07. The second-order valence-corrected chi connectivity index (χ2v) is 7.28. The zero-order valence-corrected chi connectivity index (χ0v) is 14.1. The maximum atomic E-state index is 12.6. The lowest BCUT2D eigenvalue weighted by atomic mass is 10.2. The topological polar surface area (TPSA) is 53.5 Å². The Morgan fingerprint density at radius 3 is 2.50 bits per heavy atom. The van der Waals surface area contributed by atoms with Gasteiger partial charge in [-0.3, -0.25) is 14.6 Å². The SMILES string of the molecule is O=C(c1ccccn1)N1CCN(C(=O)C2CC2c2cccs2)CC1. The number of pyridine rings is 1. The third-order valence-electron chi connectivity index (χ3n) is 4.78. The maximum Gasteiger partial charge on any atom is 0.272 e. The van der Waals surface area contributed by atoms with Crippen LogP contribution in [0.2, 0.25) is 0 Å². The minimum atomic E-state index is -0.0504. The highest BCUT2D eigenvalue weighted by molar-refractivity contribution is 7.10. The Morgan fingerprint density at radius 2 is 1.83 bits per heavy atom. The van der Waals surface area contributed by atoms with Crippen molar-refractivity contribution in [2.75, 3.05) is 26.2 Å². The lowest BCUT2D eigenvalue weighted by molar-refractivity contribution is -0.134. The van der Waals surface area contributed by atoms with E-state index in [0.717, 1.165) is 6.42 Å². The highest BCUT2D eigenvalue weighted by Gasteiger charge is 2.46. The molecule has 1 aliphatic heterocycles. The molecule has 5 nitrogen and oxygen atoms in total. The van der Waals surface area contributed by atoms with Crippen molar-refractivity contribution in [1.82, 2.24) is 14.8 Å². The fraction of sp³-hybridized carbons (Fsp3) is 0.389. The van der Waals surface area contributed by atoms with Gasteiger partial charge in [0.05, 0.1) is 0 Å². The van der Waals surface area contributed by atoms with Crippen molar-refractivity contribution >= 4 is 23.2 Å². The normalized spacial score (nSPS) is 23.2. The number of hydrogen-bond donors (Lipinski definition) is 0. The Hall–Kier alpha value is -2.21. The van der Waals surface area contributed by atoms with Crippen LogP contribution in [0.3, 0.4) is 0 Å². The average Bonchev–Trinajstić information content (AvgIpc) is 3.26. The number of nitrogens with zero attached hydrogens (tertiary/aromatic N) is 3. The molecule has 1 saturated carbocycles. The van der Waals surface area contributed by atoms with Gasteiger partial charge in [-0.2, -0.15) is 0 Å². The van der Waals surface area contributed by atoms with Crippen LogP contribution in [0.5, 0.6) is 0 Å². The summed E-state index contributed by atoms with van der Waals surface area (Å²) in [6.45, 7) is 2.39. The average molecular weight is 341 g/mol. The van der Waals surface area contributed by atoms with E-state index in [1.54, 1.807) is 34.6 Å². The van der Waals surface area contributed by atoms with Gasteiger partial charge >= 0.3 is 0 Å². The van der Waals surface area contributed by atoms with E-state index in [-0.39, 0.29) is 17.7 Å². The summed E-state index contributed by atoms with van der Waals surface area (Å²) in [6, 6.07) is 9.51. The number of thiophene rings is 1. The van der Waals surface area contributed by atoms with Crippen LogP contribution in [0.1, 0.15) is 27.7 Å². The lowest BCUT2D eigenvalue weighted by Crippen LogP contribution is -2.51. The number of hydrogen-bond acceptors (Lipinski definition) is 4. The molecular formula is C18H19N3O2S. The molecule has 2 aromatic rings. The van der Waals surface area contributed by atoms with Gasteiger partial charge in [0.2, 0.25) is 5.91 Å². The summed E-state index contributed by atoms with van der Waals surface area (Å²) in [7, 11) is 0. The number of carbonyl (C=O) groups excluding carboxylic acids is 2. The summed E-state index contributed by atoms with van der Waals surface area (Å²) >= 11 is 1.73. The van der Waals surface area contributed by atoms with Gasteiger partial charge in [-0.1, -0.05) is 12.1 Å². The van der Waals surface area contributed by atoms with Crippen LogP contribution in [0, 0.1) is 5.92 Å². The summed E-state index contributed by atoms with van der Waals surface area (Å²) in [4.78, 5) is 34.2. The molecule has 6 heteroatoms. The first-order chi connectivity index (χ1) is 11.7. The Balaban J connectivity index is 1.32. The molecule has 0 N–H and O–H groups in total. The largest absolute Gasteiger partial charge is 0.339 e. The first kappa shape index (κ1) is 15.3. The minimum Gasteiger partial charge on any atom is -0.339 e. The van der Waals surface area contributed by atoms with Gasteiger partial charge in [0.15, 0.2) is 0 Å². The van der Waals surface area contributed by atoms with Gasteiger partial charge in [0.1, 0.15) is 5.69 Å². The molecule has 1 aliphatic carbocycles. The number of piperazine rings is 1. The standard InChI is InChI=1S/C18H19N3O2S/c22-17(14-12-13(14)16-5-3-11-24-16)20-7-9-21(10-8-20)18(23)15-4-1-2-6-19-15/h1-6,11,13-14H,7-10,12H2. The van der Waals surface area contributed by atoms with E-state index in [0.29, 0.717) is 37.8 Å². The fourth-order valence-corrected chi connectivity index (χ4v) is 4.21. The van der Waals surface area contributed by atoms with Gasteiger partial charge < -0.3 is 9.80 Å². The van der Waals surface area contributed by atoms with E-state index >= 15 is 0 Å². The third-order valence-corrected chi connectivity index (χ3v) is 5.78. The molecule has 124 valence electrons. The minimum absolute atomic E-state index is 0.0504. The second-order valence-electron chi connectivity index (χ2n) is 6.30. The molecule has 2 aromatic heterocycles. The molecular weight excluding hydrogens is 322 g/mol. The van der Waals surface area contributed by atoms with E-state index in [1.165, 1.54) is 4.88 Å². The van der Waals surface area contributed by atoms with E-state index < -0.39 is 0 Å². The van der Waals surface area contributed by atoms with Crippen molar-refractivity contribution < 1.29 is 9.59 Å². The Labute approximate surface area is 144 Å². The van der Waals surface area contributed by atoms with Gasteiger partial charge in [0, 0.05) is 49.1 Å². The maximum absolute atomic E-state index is 12.6. The highest BCUT2D eigenvalue weighted by atomic mass is 32.1. The number of aromatic nitrogens is 1. The molecule has 0 radical (unpaired) electrons. The van der Waals surface area contributed by atoms with E-state index in [4.69, 9.17) is 0 Å². The van der Waals surface area contributed by atoms with Crippen molar-refractivity contribution in [3.63, 3.8) is 0 Å². The number of amides is 2. The monoisotopic (exact) mass is 341 g/mol. The van der Waals surface area contributed by atoms with Crippen LogP contribution < -0.4 is 0 Å².